The van der Waals surface area contributed by atoms with Crippen LogP contribution in [0.15, 0.2) is 12.4 Å². The summed E-state index contributed by atoms with van der Waals surface area (Å²) in [5.41, 5.74) is -3.08. The Bertz CT molecular complexity index is 928. The molecule has 5 rings (SSSR count). The SMILES string of the molecule is C[C@@]1(O)CC[C@@]2(F)[C@H](CC[C@H]3[C@@H]4CC[C@@H](C(=O)Cn5cc(C(F)(F)F)cn5)[C@@]4(C)CC[C@@H]32)C1. The number of aromatic nitrogens is 2. The fourth-order valence-corrected chi connectivity index (χ4v) is 8.37. The summed E-state index contributed by atoms with van der Waals surface area (Å²) >= 11 is 0. The third kappa shape index (κ3) is 3.75. The number of aliphatic hydroxyl groups is 1. The van der Waals surface area contributed by atoms with Crippen LogP contribution in [0.4, 0.5) is 17.6 Å². The maximum Gasteiger partial charge on any atom is 0.419 e. The lowest BCUT2D eigenvalue weighted by atomic mass is 9.48. The highest BCUT2D eigenvalue weighted by molar-refractivity contribution is 5.82. The molecule has 0 spiro atoms. The second-order valence-electron chi connectivity index (χ2n) is 11.8. The van der Waals surface area contributed by atoms with E-state index in [1.54, 1.807) is 0 Å². The molecule has 1 heterocycles. The van der Waals surface area contributed by atoms with Crippen molar-refractivity contribution in [3.8, 4) is 0 Å². The zero-order valence-electron chi connectivity index (χ0n) is 19.4. The third-order valence-corrected chi connectivity index (χ3v) is 9.98. The van der Waals surface area contributed by atoms with E-state index in [1.165, 1.54) is 0 Å². The van der Waals surface area contributed by atoms with Crippen LogP contribution < -0.4 is 0 Å². The molecule has 4 fully saturated rings. The molecule has 0 amide bonds. The highest BCUT2D eigenvalue weighted by atomic mass is 19.4. The molecule has 184 valence electrons. The molecule has 0 bridgehead atoms. The van der Waals surface area contributed by atoms with Crippen molar-refractivity contribution in [3.05, 3.63) is 18.0 Å². The van der Waals surface area contributed by atoms with Crippen molar-refractivity contribution in [2.45, 2.75) is 95.6 Å². The molecule has 0 radical (unpaired) electrons. The first-order chi connectivity index (χ1) is 15.3. The number of carbonyl (C=O) groups is 1. The average Bonchev–Trinajstić information content (AvgIpc) is 3.32. The molecule has 4 aliphatic carbocycles. The summed E-state index contributed by atoms with van der Waals surface area (Å²) in [6, 6.07) is 0. The largest absolute Gasteiger partial charge is 0.419 e. The first kappa shape index (κ1) is 23.3. The molecule has 0 aromatic carbocycles. The minimum absolute atomic E-state index is 0.0141. The van der Waals surface area contributed by atoms with E-state index in [2.05, 4.69) is 12.0 Å². The average molecular weight is 471 g/mol. The summed E-state index contributed by atoms with van der Waals surface area (Å²) in [7, 11) is 0. The third-order valence-electron chi connectivity index (χ3n) is 9.98. The van der Waals surface area contributed by atoms with Gasteiger partial charge in [-0.15, -0.1) is 0 Å². The van der Waals surface area contributed by atoms with Crippen molar-refractivity contribution in [1.82, 2.24) is 9.78 Å². The predicted octanol–water partition coefficient (Wildman–Crippen LogP) is 5.58. The van der Waals surface area contributed by atoms with Crippen LogP contribution in [0.2, 0.25) is 0 Å². The van der Waals surface area contributed by atoms with E-state index >= 15 is 4.39 Å². The molecule has 8 heteroatoms. The van der Waals surface area contributed by atoms with E-state index < -0.39 is 23.0 Å². The van der Waals surface area contributed by atoms with Gasteiger partial charge in [-0.2, -0.15) is 18.3 Å². The summed E-state index contributed by atoms with van der Waals surface area (Å²) in [6.07, 6.45) is 3.46. The van der Waals surface area contributed by atoms with E-state index in [4.69, 9.17) is 0 Å². The zero-order chi connectivity index (χ0) is 23.8. The molecular weight excluding hydrogens is 436 g/mol. The molecule has 1 N–H and O–H groups in total. The van der Waals surface area contributed by atoms with Gasteiger partial charge >= 0.3 is 6.18 Å². The predicted molar refractivity (Wildman–Crippen MR) is 114 cm³/mol. The number of alkyl halides is 4. The van der Waals surface area contributed by atoms with E-state index in [9.17, 15) is 23.1 Å². The fourth-order valence-electron chi connectivity index (χ4n) is 8.37. The number of hydrogen-bond donors (Lipinski definition) is 1. The summed E-state index contributed by atoms with van der Waals surface area (Å²) in [5.74, 6) is 0.125. The van der Waals surface area contributed by atoms with Crippen LogP contribution in [0.1, 0.15) is 77.2 Å². The summed E-state index contributed by atoms with van der Waals surface area (Å²) in [5, 5.41) is 14.3. The monoisotopic (exact) mass is 470 g/mol. The molecule has 4 aliphatic rings. The Labute approximate surface area is 192 Å². The molecule has 8 atom stereocenters. The molecule has 0 aliphatic heterocycles. The number of ketones is 1. The van der Waals surface area contributed by atoms with Gasteiger partial charge in [-0.25, -0.2) is 4.39 Å². The van der Waals surface area contributed by atoms with Crippen molar-refractivity contribution in [2.24, 2.45) is 35.0 Å². The molecule has 1 aromatic heterocycles. The lowest BCUT2D eigenvalue weighted by Crippen LogP contribution is -2.58. The van der Waals surface area contributed by atoms with E-state index in [0.717, 1.165) is 49.2 Å². The minimum atomic E-state index is -4.47. The molecule has 33 heavy (non-hydrogen) atoms. The molecular formula is C25H34F4N2O2. The summed E-state index contributed by atoms with van der Waals surface area (Å²) in [4.78, 5) is 13.2. The smallest absolute Gasteiger partial charge is 0.390 e. The maximum absolute atomic E-state index is 16.4. The number of halogens is 4. The zero-order valence-corrected chi connectivity index (χ0v) is 19.4. The highest BCUT2D eigenvalue weighted by Gasteiger charge is 2.63. The van der Waals surface area contributed by atoms with Crippen LogP contribution in [0.5, 0.6) is 0 Å². The Morgan fingerprint density at radius 1 is 1.12 bits per heavy atom. The second-order valence-corrected chi connectivity index (χ2v) is 11.8. The van der Waals surface area contributed by atoms with Gasteiger partial charge in [0.05, 0.1) is 23.9 Å². The van der Waals surface area contributed by atoms with Crippen LogP contribution in [0, 0.1) is 35.0 Å². The van der Waals surface area contributed by atoms with E-state index in [-0.39, 0.29) is 47.3 Å². The summed E-state index contributed by atoms with van der Waals surface area (Å²) in [6.45, 7) is 3.82. The Kier molecular flexibility index (Phi) is 5.32. The second kappa shape index (κ2) is 7.53. The Morgan fingerprint density at radius 2 is 1.88 bits per heavy atom. The van der Waals surface area contributed by atoms with Crippen molar-refractivity contribution in [1.29, 1.82) is 0 Å². The molecule has 4 saturated carbocycles. The van der Waals surface area contributed by atoms with Crippen molar-refractivity contribution >= 4 is 5.78 Å². The first-order valence-corrected chi connectivity index (χ1v) is 12.4. The number of nitrogens with zero attached hydrogens (tertiary/aromatic N) is 2. The van der Waals surface area contributed by atoms with Crippen LogP contribution in [-0.2, 0) is 17.5 Å². The van der Waals surface area contributed by atoms with Gasteiger partial charge in [-0.3, -0.25) is 9.48 Å². The van der Waals surface area contributed by atoms with Crippen molar-refractivity contribution < 1.29 is 27.5 Å². The van der Waals surface area contributed by atoms with Gasteiger partial charge in [-0.1, -0.05) is 6.92 Å². The van der Waals surface area contributed by atoms with Crippen molar-refractivity contribution in [3.63, 3.8) is 0 Å². The molecule has 1 aromatic rings. The fraction of sp³-hybridized carbons (Fsp3) is 0.840. The van der Waals surface area contributed by atoms with Crippen LogP contribution in [-0.4, -0.2) is 31.9 Å². The number of hydrogen-bond acceptors (Lipinski definition) is 3. The van der Waals surface area contributed by atoms with Gasteiger partial charge in [0.1, 0.15) is 5.67 Å². The van der Waals surface area contributed by atoms with Gasteiger partial charge in [-0.05, 0) is 93.8 Å². The highest BCUT2D eigenvalue weighted by Crippen LogP contribution is 2.66. The number of fused-ring (bicyclic) bond motifs is 5. The quantitative estimate of drug-likeness (QED) is 0.587. The van der Waals surface area contributed by atoms with Crippen LogP contribution in [0.3, 0.4) is 0 Å². The topological polar surface area (TPSA) is 55.1 Å². The maximum atomic E-state index is 16.4. The van der Waals surface area contributed by atoms with Gasteiger partial charge in [0, 0.05) is 12.1 Å². The van der Waals surface area contributed by atoms with E-state index in [1.807, 2.05) is 6.92 Å². The van der Waals surface area contributed by atoms with Crippen LogP contribution >= 0.6 is 0 Å². The first-order valence-electron chi connectivity index (χ1n) is 12.4. The van der Waals surface area contributed by atoms with E-state index in [0.29, 0.717) is 25.7 Å². The van der Waals surface area contributed by atoms with Gasteiger partial charge < -0.3 is 5.11 Å². The van der Waals surface area contributed by atoms with Crippen LogP contribution in [0.25, 0.3) is 0 Å². The normalized spacial score (nSPS) is 45.2. The molecule has 0 unspecified atom stereocenters. The van der Waals surface area contributed by atoms with Gasteiger partial charge in [0.15, 0.2) is 5.78 Å². The van der Waals surface area contributed by atoms with Crippen molar-refractivity contribution in [2.75, 3.05) is 0 Å². The summed E-state index contributed by atoms with van der Waals surface area (Å²) < 4.78 is 56.2. The molecule has 0 saturated heterocycles. The standard InChI is InChI=1S/C25H34F4N2O2/c1-22(33)9-10-24(26)15(11-22)3-4-17-18-5-6-20(23(18,2)8-7-19(17)24)21(32)14-31-13-16(12-30-31)25(27,28)29/h12-13,15,17-20,33H,3-11,14H2,1-2H3/t15-,17+,18+,19+,20+,22-,23+,24-/m1/s1. The minimum Gasteiger partial charge on any atom is -0.390 e. The van der Waals surface area contributed by atoms with Gasteiger partial charge in [0.2, 0.25) is 0 Å². The lowest BCUT2D eigenvalue weighted by molar-refractivity contribution is -0.166. The Morgan fingerprint density at radius 3 is 2.58 bits per heavy atom. The Hall–Kier alpha value is -1.44. The number of carbonyl (C=O) groups excluding carboxylic acids is 1. The molecule has 4 nitrogen and oxygen atoms in total. The lowest BCUT2D eigenvalue weighted by Gasteiger charge is -2.59. The van der Waals surface area contributed by atoms with Gasteiger partial charge in [0.25, 0.3) is 0 Å². The number of Topliss-reactive ketones (excluding diaryl/α,β-unsaturated/α-hetero) is 1. The Balaban J connectivity index is 1.31. The number of rotatable bonds is 3.